The Morgan fingerprint density at radius 1 is 1.03 bits per heavy atom. The van der Waals surface area contributed by atoms with Gasteiger partial charge in [0.1, 0.15) is 5.75 Å². The van der Waals surface area contributed by atoms with Crippen LogP contribution in [0.5, 0.6) is 5.75 Å². The van der Waals surface area contributed by atoms with Crippen LogP contribution in [-0.4, -0.2) is 37.2 Å². The number of carbonyl (C=O) groups excluding carboxylic acids is 1. The third-order valence-corrected chi connectivity index (χ3v) is 10.3. The molecule has 0 radical (unpaired) electrons. The maximum Gasteiger partial charge on any atom is 0.371 e. The fourth-order valence-electron chi connectivity index (χ4n) is 3.42. The Balaban J connectivity index is 1.47. The number of nitrogens with zero attached hydrogens (tertiary/aromatic N) is 1. The zero-order valence-corrected chi connectivity index (χ0v) is 19.7. The summed E-state index contributed by atoms with van der Waals surface area (Å²) in [4.78, 5) is 37.5. The van der Waals surface area contributed by atoms with Crippen LogP contribution in [0.25, 0.3) is 0 Å². The van der Waals surface area contributed by atoms with Gasteiger partial charge in [0, 0.05) is 24.4 Å². The lowest BCUT2D eigenvalue weighted by Gasteiger charge is -2.45. The molecule has 0 spiro atoms. The first kappa shape index (κ1) is 24.5. The SMILES string of the molecule is C=P1(O)OC(c2ccc(OC(=O)Cc3ccccc3)cc2)OP(=O)(O)C1(O)Cc1cccnc1. The fourth-order valence-corrected chi connectivity index (χ4v) is 7.40. The van der Waals surface area contributed by atoms with Crippen molar-refractivity contribution < 1.29 is 38.0 Å². The van der Waals surface area contributed by atoms with E-state index in [1.54, 1.807) is 12.1 Å². The van der Waals surface area contributed by atoms with E-state index in [2.05, 4.69) is 11.3 Å². The summed E-state index contributed by atoms with van der Waals surface area (Å²) in [7, 11) is -8.92. The van der Waals surface area contributed by atoms with Gasteiger partial charge in [-0.2, -0.15) is 0 Å². The van der Waals surface area contributed by atoms with Gasteiger partial charge < -0.3 is 19.6 Å². The molecule has 4 rings (SSSR count). The summed E-state index contributed by atoms with van der Waals surface area (Å²) >= 11 is 0. The van der Waals surface area contributed by atoms with E-state index in [1.807, 2.05) is 30.3 Å². The van der Waals surface area contributed by atoms with Crippen molar-refractivity contribution in [3.63, 3.8) is 0 Å². The maximum atomic E-state index is 13.0. The Hall–Kier alpha value is -2.61. The molecule has 178 valence electrons. The number of benzene rings is 2. The highest BCUT2D eigenvalue weighted by Crippen LogP contribution is 2.78. The van der Waals surface area contributed by atoms with Crippen molar-refractivity contribution >= 4 is 27.2 Å². The highest BCUT2D eigenvalue weighted by Gasteiger charge is 2.62. The first-order valence-corrected chi connectivity index (χ1v) is 13.6. The molecule has 2 aromatic carbocycles. The molecule has 0 bridgehead atoms. The summed E-state index contributed by atoms with van der Waals surface area (Å²) in [5.74, 6) is -0.206. The van der Waals surface area contributed by atoms with Crippen LogP contribution in [0.2, 0.25) is 0 Å². The van der Waals surface area contributed by atoms with E-state index in [1.165, 1.54) is 36.7 Å². The Kier molecular flexibility index (Phi) is 6.90. The van der Waals surface area contributed by atoms with Crippen molar-refractivity contribution in [2.45, 2.75) is 24.2 Å². The van der Waals surface area contributed by atoms with Crippen LogP contribution in [0.4, 0.5) is 0 Å². The van der Waals surface area contributed by atoms with Crippen LogP contribution < -0.4 is 4.74 Å². The predicted octanol–water partition coefficient (Wildman–Crippen LogP) is 3.62. The van der Waals surface area contributed by atoms with E-state index in [0.717, 1.165) is 5.56 Å². The zero-order valence-electron chi connectivity index (χ0n) is 17.9. The summed E-state index contributed by atoms with van der Waals surface area (Å²) in [5.41, 5.74) is 1.47. The standard InChI is InChI=1S/C23H23NO8P2/c1-33(27)23(26,15-18-8-5-13-24-16-18)34(28,29)32-22(31-33)19-9-11-20(12-10-19)30-21(25)14-17-6-3-2-4-7-17/h2-13,16,22,26-27H,1,14-15H2,(H,28,29). The van der Waals surface area contributed by atoms with Crippen molar-refractivity contribution in [1.82, 2.24) is 4.98 Å². The molecule has 1 fully saturated rings. The molecule has 0 aliphatic carbocycles. The van der Waals surface area contributed by atoms with Gasteiger partial charge in [-0.05, 0) is 35.6 Å². The molecule has 3 aromatic rings. The molecule has 9 nitrogen and oxygen atoms in total. The average Bonchev–Trinajstić information content (AvgIpc) is 2.79. The molecule has 0 saturated carbocycles. The van der Waals surface area contributed by atoms with Gasteiger partial charge in [-0.15, -0.1) is 0 Å². The Morgan fingerprint density at radius 3 is 2.32 bits per heavy atom. The number of hydrogen-bond acceptors (Lipinski definition) is 8. The minimum absolute atomic E-state index is 0.0969. The van der Waals surface area contributed by atoms with Crippen molar-refractivity contribution in [3.8, 4) is 5.75 Å². The molecular formula is C23H23NO8P2. The quantitative estimate of drug-likeness (QED) is 0.262. The van der Waals surface area contributed by atoms with Crippen LogP contribution in [0.1, 0.15) is 23.0 Å². The topological polar surface area (TPSA) is 135 Å². The lowest BCUT2D eigenvalue weighted by Crippen LogP contribution is -2.38. The van der Waals surface area contributed by atoms with Gasteiger partial charge >= 0.3 is 13.6 Å². The second-order valence-corrected chi connectivity index (χ2v) is 12.5. The summed E-state index contributed by atoms with van der Waals surface area (Å²) < 4.78 is 29.1. The number of pyridine rings is 1. The highest BCUT2D eigenvalue weighted by atomic mass is 31.2. The van der Waals surface area contributed by atoms with Gasteiger partial charge in [0.25, 0.3) is 0 Å². The lowest BCUT2D eigenvalue weighted by atomic mass is 10.1. The molecule has 11 heteroatoms. The van der Waals surface area contributed by atoms with E-state index in [-0.39, 0.29) is 17.7 Å². The molecule has 1 aliphatic rings. The highest BCUT2D eigenvalue weighted by molar-refractivity contribution is 7.78. The van der Waals surface area contributed by atoms with Gasteiger partial charge in [-0.3, -0.25) is 23.4 Å². The summed E-state index contributed by atoms with van der Waals surface area (Å²) in [6.45, 7) is 0. The molecule has 1 aromatic heterocycles. The van der Waals surface area contributed by atoms with Gasteiger partial charge in [-0.25, -0.2) is 0 Å². The normalized spacial score (nSPS) is 28.9. The van der Waals surface area contributed by atoms with E-state index < -0.39 is 38.7 Å². The first-order chi connectivity index (χ1) is 16.1. The van der Waals surface area contributed by atoms with Crippen LogP contribution in [0, 0.1) is 0 Å². The van der Waals surface area contributed by atoms with Crippen LogP contribution in [0.15, 0.2) is 79.1 Å². The molecule has 4 atom stereocenters. The van der Waals surface area contributed by atoms with E-state index in [0.29, 0.717) is 5.56 Å². The van der Waals surface area contributed by atoms with Crippen molar-refractivity contribution in [3.05, 3.63) is 95.8 Å². The molecule has 1 aliphatic heterocycles. The molecular weight excluding hydrogens is 480 g/mol. The summed E-state index contributed by atoms with van der Waals surface area (Å²) in [6.07, 6.45) is 4.63. The van der Waals surface area contributed by atoms with Gasteiger partial charge in [0.2, 0.25) is 5.08 Å². The number of hydrogen-bond donors (Lipinski definition) is 3. The number of ether oxygens (including phenoxy) is 1. The largest absolute Gasteiger partial charge is 0.426 e. The lowest BCUT2D eigenvalue weighted by molar-refractivity contribution is -0.133. The van der Waals surface area contributed by atoms with Crippen LogP contribution in [-0.2, 0) is 31.2 Å². The molecule has 2 heterocycles. The molecule has 4 unspecified atom stereocenters. The van der Waals surface area contributed by atoms with Gasteiger partial charge in [0.05, 0.1) is 6.42 Å². The van der Waals surface area contributed by atoms with E-state index >= 15 is 0 Å². The number of esters is 1. The predicted molar refractivity (Wildman–Crippen MR) is 126 cm³/mol. The van der Waals surface area contributed by atoms with Crippen molar-refractivity contribution in [2.24, 2.45) is 0 Å². The number of rotatable bonds is 6. The number of aliphatic hydroxyl groups is 1. The van der Waals surface area contributed by atoms with Crippen molar-refractivity contribution in [1.29, 1.82) is 0 Å². The van der Waals surface area contributed by atoms with Gasteiger partial charge in [-0.1, -0.05) is 48.5 Å². The van der Waals surface area contributed by atoms with Crippen molar-refractivity contribution in [2.75, 3.05) is 0 Å². The van der Waals surface area contributed by atoms with Crippen LogP contribution >= 0.6 is 14.9 Å². The number of aromatic nitrogens is 1. The van der Waals surface area contributed by atoms with Crippen LogP contribution in [0.3, 0.4) is 0 Å². The zero-order chi connectivity index (χ0) is 24.4. The van der Waals surface area contributed by atoms with E-state index in [4.69, 9.17) is 13.8 Å². The minimum Gasteiger partial charge on any atom is -0.426 e. The first-order valence-electron chi connectivity index (χ1n) is 10.2. The van der Waals surface area contributed by atoms with E-state index in [9.17, 15) is 24.3 Å². The number of carbonyl (C=O) groups is 1. The third kappa shape index (κ3) is 5.06. The molecule has 1 saturated heterocycles. The fraction of sp³-hybridized carbons (Fsp3) is 0.174. The smallest absolute Gasteiger partial charge is 0.371 e. The second-order valence-electron chi connectivity index (χ2n) is 7.78. The monoisotopic (exact) mass is 503 g/mol. The van der Waals surface area contributed by atoms with Gasteiger partial charge in [0.15, 0.2) is 13.6 Å². The Morgan fingerprint density at radius 2 is 1.71 bits per heavy atom. The summed E-state index contributed by atoms with van der Waals surface area (Å²) in [5, 5.41) is 8.37. The maximum absolute atomic E-state index is 13.0. The Bertz CT molecular complexity index is 1220. The summed E-state index contributed by atoms with van der Waals surface area (Å²) in [6, 6.07) is 18.1. The molecule has 0 amide bonds. The second kappa shape index (κ2) is 9.56. The third-order valence-electron chi connectivity index (χ3n) is 5.26. The average molecular weight is 503 g/mol. The Labute approximate surface area is 196 Å². The molecule has 3 N–H and O–H groups in total. The minimum atomic E-state index is -4.84. The molecule has 34 heavy (non-hydrogen) atoms.